The van der Waals surface area contributed by atoms with E-state index in [2.05, 4.69) is 25.6 Å². The van der Waals surface area contributed by atoms with Crippen LogP contribution in [0.1, 0.15) is 112 Å². The van der Waals surface area contributed by atoms with Crippen LogP contribution in [0.5, 0.6) is 0 Å². The average Bonchev–Trinajstić information content (AvgIpc) is 2.92. The number of ether oxygens (including phenoxy) is 1. The summed E-state index contributed by atoms with van der Waals surface area (Å²) in [5.74, 6) is 1.32. The molecule has 4 heteroatoms. The van der Waals surface area contributed by atoms with Crippen molar-refractivity contribution >= 4 is 0 Å². The smallest absolute Gasteiger partial charge is 0.316 e. The van der Waals surface area contributed by atoms with Gasteiger partial charge in [0, 0.05) is 0 Å². The molecule has 2 aromatic rings. The number of benzene rings is 2. The van der Waals surface area contributed by atoms with Crippen molar-refractivity contribution in [2.24, 2.45) is 11.8 Å². The number of alkyl halides is 2. The fourth-order valence-corrected chi connectivity index (χ4v) is 6.32. The van der Waals surface area contributed by atoms with Crippen LogP contribution >= 0.6 is 0 Å². The lowest BCUT2D eigenvalue weighted by atomic mass is 9.77. The summed E-state index contributed by atoms with van der Waals surface area (Å²) in [4.78, 5) is 0. The highest BCUT2D eigenvalue weighted by atomic mass is 19.3. The predicted octanol–water partition coefficient (Wildman–Crippen LogP) is 10.1. The first-order valence-corrected chi connectivity index (χ1v) is 14.4. The molecule has 0 aromatic heterocycles. The Kier molecular flexibility index (Phi) is 9.92. The van der Waals surface area contributed by atoms with Gasteiger partial charge in [0.25, 0.3) is 0 Å². The van der Waals surface area contributed by atoms with Gasteiger partial charge in [0.05, 0.1) is 12.2 Å². The van der Waals surface area contributed by atoms with Crippen LogP contribution < -0.4 is 0 Å². The van der Waals surface area contributed by atoms with E-state index in [4.69, 9.17) is 4.74 Å². The second kappa shape index (κ2) is 13.1. The molecule has 2 fully saturated rings. The third kappa shape index (κ3) is 7.50. The number of allylic oxidation sites excluding steroid dienone is 1. The lowest BCUT2D eigenvalue weighted by molar-refractivity contribution is -0.249. The fourth-order valence-electron chi connectivity index (χ4n) is 6.32. The van der Waals surface area contributed by atoms with E-state index < -0.39 is 17.5 Å². The summed E-state index contributed by atoms with van der Waals surface area (Å²) in [6.07, 6.45) is 11.6. The summed E-state index contributed by atoms with van der Waals surface area (Å²) in [6.45, 7) is 5.94. The summed E-state index contributed by atoms with van der Waals surface area (Å²) in [5, 5.41) is 0. The Morgan fingerprint density at radius 1 is 0.892 bits per heavy atom. The topological polar surface area (TPSA) is 9.23 Å². The van der Waals surface area contributed by atoms with Crippen molar-refractivity contribution in [3.8, 4) is 0 Å². The molecule has 0 bridgehead atoms. The van der Waals surface area contributed by atoms with Crippen molar-refractivity contribution < 1.29 is 17.9 Å². The quantitative estimate of drug-likeness (QED) is 0.272. The molecule has 0 saturated heterocycles. The zero-order valence-corrected chi connectivity index (χ0v) is 22.4. The van der Waals surface area contributed by atoms with E-state index in [-0.39, 0.29) is 12.5 Å². The highest BCUT2D eigenvalue weighted by molar-refractivity contribution is 5.30. The Morgan fingerprint density at radius 3 is 2.14 bits per heavy atom. The van der Waals surface area contributed by atoms with Crippen LogP contribution in [0.4, 0.5) is 13.2 Å². The lowest BCUT2D eigenvalue weighted by Crippen LogP contribution is -2.22. The molecule has 0 N–H and O–H groups in total. The number of hydrogen-bond acceptors (Lipinski definition) is 1. The molecule has 0 radical (unpaired) electrons. The molecular formula is C33H43F3O. The summed E-state index contributed by atoms with van der Waals surface area (Å²) < 4.78 is 49.1. The first kappa shape index (κ1) is 28.0. The van der Waals surface area contributed by atoms with Gasteiger partial charge in [-0.3, -0.25) is 0 Å². The largest absolute Gasteiger partial charge is 0.386 e. The van der Waals surface area contributed by atoms with E-state index in [9.17, 15) is 13.2 Å². The Morgan fingerprint density at radius 2 is 1.51 bits per heavy atom. The van der Waals surface area contributed by atoms with Crippen molar-refractivity contribution in [2.45, 2.75) is 102 Å². The molecule has 202 valence electrons. The highest BCUT2D eigenvalue weighted by Gasteiger charge is 2.36. The first-order chi connectivity index (χ1) is 17.9. The zero-order valence-electron chi connectivity index (χ0n) is 22.4. The van der Waals surface area contributed by atoms with Crippen LogP contribution in [0.2, 0.25) is 0 Å². The van der Waals surface area contributed by atoms with E-state index >= 15 is 0 Å². The number of unbranched alkanes of at least 4 members (excludes halogenated alkanes) is 1. The monoisotopic (exact) mass is 512 g/mol. The molecule has 2 aliphatic carbocycles. The summed E-state index contributed by atoms with van der Waals surface area (Å²) in [6, 6.07) is 12.5. The Hall–Kier alpha value is -2.07. The molecule has 0 atom stereocenters. The predicted molar refractivity (Wildman–Crippen MR) is 146 cm³/mol. The number of hydrogen-bond donors (Lipinski definition) is 0. The minimum absolute atomic E-state index is 0.165. The molecule has 2 aliphatic rings. The molecule has 4 rings (SSSR count). The van der Waals surface area contributed by atoms with Gasteiger partial charge in [0.15, 0.2) is 0 Å². The van der Waals surface area contributed by atoms with Crippen LogP contribution in [0, 0.1) is 17.7 Å². The maximum Gasteiger partial charge on any atom is 0.386 e. The minimum atomic E-state index is -3.65. The van der Waals surface area contributed by atoms with Gasteiger partial charge >= 0.3 is 6.11 Å². The Bertz CT molecular complexity index is 983. The van der Waals surface area contributed by atoms with Crippen LogP contribution in [-0.2, 0) is 17.3 Å². The van der Waals surface area contributed by atoms with Crippen molar-refractivity contribution in [1.29, 1.82) is 0 Å². The molecular weight excluding hydrogens is 469 g/mol. The first-order valence-electron chi connectivity index (χ1n) is 14.4. The fraction of sp³-hybridized carbons (Fsp3) is 0.576. The van der Waals surface area contributed by atoms with E-state index in [1.165, 1.54) is 62.6 Å². The maximum atomic E-state index is 14.7. The maximum absolute atomic E-state index is 14.7. The molecule has 37 heavy (non-hydrogen) atoms. The minimum Gasteiger partial charge on any atom is -0.316 e. The SMILES string of the molecule is C=C[C@H]1CC[C@H](c2ccc(C(F)(F)OCCc3ccc([C@H]4CC[C@H](CCCC)CC4)cc3)c(F)c2)CC1. The van der Waals surface area contributed by atoms with Gasteiger partial charge in [-0.1, -0.05) is 62.6 Å². The van der Waals surface area contributed by atoms with E-state index in [0.717, 1.165) is 42.7 Å². The third-order valence-corrected chi connectivity index (χ3v) is 8.82. The van der Waals surface area contributed by atoms with Crippen molar-refractivity contribution in [1.82, 2.24) is 0 Å². The van der Waals surface area contributed by atoms with E-state index in [0.29, 0.717) is 18.3 Å². The molecule has 2 saturated carbocycles. The van der Waals surface area contributed by atoms with Gasteiger partial charge in [0.1, 0.15) is 5.82 Å². The second-order valence-electron chi connectivity index (χ2n) is 11.3. The van der Waals surface area contributed by atoms with Crippen LogP contribution in [0.3, 0.4) is 0 Å². The van der Waals surface area contributed by atoms with Gasteiger partial charge in [-0.2, -0.15) is 8.78 Å². The van der Waals surface area contributed by atoms with Crippen molar-refractivity contribution in [2.75, 3.05) is 6.61 Å². The van der Waals surface area contributed by atoms with Gasteiger partial charge in [-0.25, -0.2) is 4.39 Å². The molecule has 0 spiro atoms. The van der Waals surface area contributed by atoms with Crippen LogP contribution in [0.15, 0.2) is 55.1 Å². The molecule has 0 amide bonds. The lowest BCUT2D eigenvalue weighted by Gasteiger charge is -2.29. The van der Waals surface area contributed by atoms with Gasteiger partial charge in [-0.15, -0.1) is 6.58 Å². The van der Waals surface area contributed by atoms with Crippen molar-refractivity contribution in [3.05, 3.63) is 83.2 Å². The van der Waals surface area contributed by atoms with Crippen LogP contribution in [-0.4, -0.2) is 6.61 Å². The van der Waals surface area contributed by atoms with Gasteiger partial charge < -0.3 is 4.74 Å². The van der Waals surface area contributed by atoms with Crippen molar-refractivity contribution in [3.63, 3.8) is 0 Å². The van der Waals surface area contributed by atoms with Crippen LogP contribution in [0.25, 0.3) is 0 Å². The van der Waals surface area contributed by atoms with Gasteiger partial charge in [-0.05, 0) is 110 Å². The summed E-state index contributed by atoms with van der Waals surface area (Å²) in [7, 11) is 0. The average molecular weight is 513 g/mol. The highest BCUT2D eigenvalue weighted by Crippen LogP contribution is 2.39. The standard InChI is InChI=1S/C33H43F3O/c1-3-5-6-25-9-15-27(16-10-25)28-17-11-26(12-18-28)21-22-37-33(35,36)31-20-19-30(23-32(31)34)29-13-7-24(4-2)8-14-29/h4,11-12,17-20,23-25,27,29H,2-3,5-10,13-16,21-22H2,1H3/t24-,25-,27-,29-. The van der Waals surface area contributed by atoms with E-state index in [1.54, 1.807) is 6.07 Å². The molecule has 0 heterocycles. The summed E-state index contributed by atoms with van der Waals surface area (Å²) in [5.41, 5.74) is 2.43. The second-order valence-corrected chi connectivity index (χ2v) is 11.3. The molecule has 2 aromatic carbocycles. The molecule has 0 unspecified atom stereocenters. The molecule has 1 nitrogen and oxygen atoms in total. The number of rotatable bonds is 11. The third-order valence-electron chi connectivity index (χ3n) is 8.82. The Labute approximate surface area is 221 Å². The Balaban J connectivity index is 1.26. The zero-order chi connectivity index (χ0) is 26.3. The van der Waals surface area contributed by atoms with E-state index in [1.807, 2.05) is 18.2 Å². The normalized spacial score (nSPS) is 24.6. The number of halogens is 3. The van der Waals surface area contributed by atoms with Gasteiger partial charge in [0.2, 0.25) is 0 Å². The summed E-state index contributed by atoms with van der Waals surface area (Å²) >= 11 is 0. The molecule has 0 aliphatic heterocycles.